The predicted molar refractivity (Wildman–Crippen MR) is 84.1 cm³/mol. The molecule has 19 heavy (non-hydrogen) atoms. The number of aryl methyl sites for hydroxylation is 1. The summed E-state index contributed by atoms with van der Waals surface area (Å²) in [7, 11) is 0. The number of benzene rings is 2. The molecule has 0 spiro atoms. The van der Waals surface area contributed by atoms with Gasteiger partial charge in [-0.3, -0.25) is 11.3 Å². The molecule has 4 heteroatoms. The van der Waals surface area contributed by atoms with Crippen LogP contribution in [0.25, 0.3) is 0 Å². The second kappa shape index (κ2) is 6.45. The third-order valence-electron chi connectivity index (χ3n) is 3.15. The van der Waals surface area contributed by atoms with E-state index < -0.39 is 0 Å². The van der Waals surface area contributed by atoms with Gasteiger partial charge < -0.3 is 0 Å². The average molecular weight is 370 g/mol. The Hall–Kier alpha value is -0.980. The van der Waals surface area contributed by atoms with Crippen LogP contribution in [-0.4, -0.2) is 0 Å². The molecule has 2 nitrogen and oxygen atoms in total. The molecule has 0 aromatic heterocycles. The van der Waals surface area contributed by atoms with Crippen molar-refractivity contribution >= 4 is 22.6 Å². The van der Waals surface area contributed by atoms with E-state index in [9.17, 15) is 4.39 Å². The highest BCUT2D eigenvalue weighted by Gasteiger charge is 2.16. The van der Waals surface area contributed by atoms with E-state index in [-0.39, 0.29) is 11.9 Å². The van der Waals surface area contributed by atoms with Gasteiger partial charge in [-0.2, -0.15) is 0 Å². The number of halogens is 2. The molecule has 2 rings (SSSR count). The number of hydrazine groups is 1. The maximum atomic E-state index is 14.1. The molecule has 1 unspecified atom stereocenters. The Morgan fingerprint density at radius 2 is 1.89 bits per heavy atom. The molecule has 0 saturated carbocycles. The first-order valence-electron chi connectivity index (χ1n) is 6.07. The van der Waals surface area contributed by atoms with Crippen molar-refractivity contribution in [2.75, 3.05) is 0 Å². The molecule has 0 aliphatic heterocycles. The Kier molecular flexibility index (Phi) is 4.90. The minimum atomic E-state index is -0.222. The Bertz CT molecular complexity index is 555. The van der Waals surface area contributed by atoms with Gasteiger partial charge in [0.05, 0.1) is 6.04 Å². The molecule has 0 amide bonds. The Morgan fingerprint density at radius 1 is 1.21 bits per heavy atom. The van der Waals surface area contributed by atoms with E-state index in [1.807, 2.05) is 30.3 Å². The fourth-order valence-electron chi connectivity index (χ4n) is 2.05. The van der Waals surface area contributed by atoms with Crippen LogP contribution < -0.4 is 11.3 Å². The maximum absolute atomic E-state index is 14.1. The number of nitrogens with two attached hydrogens (primary N) is 1. The largest absolute Gasteiger partial charge is 0.271 e. The Labute approximate surface area is 126 Å². The van der Waals surface area contributed by atoms with E-state index in [1.165, 1.54) is 3.57 Å². The van der Waals surface area contributed by atoms with Crippen molar-refractivity contribution in [1.29, 1.82) is 0 Å². The van der Waals surface area contributed by atoms with Gasteiger partial charge in [0.2, 0.25) is 0 Å². The molecule has 1 atom stereocenters. The molecule has 100 valence electrons. The standard InChI is InChI=1S/C15H16FIN2/c1-10-3-2-4-13(15(10)16)14(19-18)9-11-5-7-12(17)8-6-11/h2-8,14,19H,9,18H2,1H3. The van der Waals surface area contributed by atoms with Crippen molar-refractivity contribution in [3.8, 4) is 0 Å². The summed E-state index contributed by atoms with van der Waals surface area (Å²) in [6.07, 6.45) is 0.661. The molecule has 0 aliphatic rings. The van der Waals surface area contributed by atoms with Gasteiger partial charge in [-0.1, -0.05) is 30.3 Å². The van der Waals surface area contributed by atoms with Gasteiger partial charge in [0, 0.05) is 9.13 Å². The van der Waals surface area contributed by atoms with Crippen LogP contribution in [0, 0.1) is 16.3 Å². The van der Waals surface area contributed by atoms with Crippen LogP contribution in [0.5, 0.6) is 0 Å². The quantitative estimate of drug-likeness (QED) is 0.491. The van der Waals surface area contributed by atoms with E-state index in [2.05, 4.69) is 28.0 Å². The van der Waals surface area contributed by atoms with Gasteiger partial charge in [0.1, 0.15) is 5.82 Å². The molecule has 0 heterocycles. The number of hydrogen-bond acceptors (Lipinski definition) is 2. The van der Waals surface area contributed by atoms with Crippen molar-refractivity contribution in [3.63, 3.8) is 0 Å². The summed E-state index contributed by atoms with van der Waals surface area (Å²) >= 11 is 2.26. The minimum absolute atomic E-state index is 0.184. The number of nitrogens with one attached hydrogen (secondary N) is 1. The SMILES string of the molecule is Cc1cccc(C(Cc2ccc(I)cc2)NN)c1F. The molecule has 0 saturated heterocycles. The van der Waals surface area contributed by atoms with E-state index >= 15 is 0 Å². The lowest BCUT2D eigenvalue weighted by atomic mass is 9.97. The monoisotopic (exact) mass is 370 g/mol. The maximum Gasteiger partial charge on any atom is 0.130 e. The lowest BCUT2D eigenvalue weighted by Gasteiger charge is -2.18. The third-order valence-corrected chi connectivity index (χ3v) is 3.87. The molecule has 0 fully saturated rings. The molecular formula is C15H16FIN2. The highest BCUT2D eigenvalue weighted by molar-refractivity contribution is 14.1. The van der Waals surface area contributed by atoms with E-state index in [1.54, 1.807) is 19.1 Å². The summed E-state index contributed by atoms with van der Waals surface area (Å²) in [4.78, 5) is 0. The number of rotatable bonds is 4. The molecule has 0 radical (unpaired) electrons. The van der Waals surface area contributed by atoms with Crippen LogP contribution in [0.4, 0.5) is 4.39 Å². The van der Waals surface area contributed by atoms with Gasteiger partial charge in [-0.15, -0.1) is 0 Å². The van der Waals surface area contributed by atoms with Crippen LogP contribution >= 0.6 is 22.6 Å². The highest BCUT2D eigenvalue weighted by Crippen LogP contribution is 2.23. The second-order valence-corrected chi connectivity index (χ2v) is 5.77. The van der Waals surface area contributed by atoms with Crippen molar-refractivity contribution < 1.29 is 4.39 Å². The fourth-order valence-corrected chi connectivity index (χ4v) is 2.41. The summed E-state index contributed by atoms with van der Waals surface area (Å²) in [5.74, 6) is 5.40. The van der Waals surface area contributed by atoms with Gasteiger partial charge in [-0.05, 0) is 59.2 Å². The van der Waals surface area contributed by atoms with Crippen molar-refractivity contribution in [2.45, 2.75) is 19.4 Å². The normalized spacial score (nSPS) is 12.4. The van der Waals surface area contributed by atoms with E-state index in [0.717, 1.165) is 5.56 Å². The molecule has 3 N–H and O–H groups in total. The molecule has 0 aliphatic carbocycles. The van der Waals surface area contributed by atoms with Gasteiger partial charge >= 0.3 is 0 Å². The number of hydrogen-bond donors (Lipinski definition) is 2. The summed E-state index contributed by atoms with van der Waals surface area (Å²) in [6, 6.07) is 13.3. The van der Waals surface area contributed by atoms with Crippen molar-refractivity contribution in [3.05, 3.63) is 68.5 Å². The smallest absolute Gasteiger partial charge is 0.130 e. The minimum Gasteiger partial charge on any atom is -0.271 e. The zero-order valence-electron chi connectivity index (χ0n) is 10.7. The summed E-state index contributed by atoms with van der Waals surface area (Å²) in [6.45, 7) is 1.76. The Balaban J connectivity index is 2.25. The molecular weight excluding hydrogens is 354 g/mol. The lowest BCUT2D eigenvalue weighted by molar-refractivity contribution is 0.507. The fraction of sp³-hybridized carbons (Fsp3) is 0.200. The first kappa shape index (κ1) is 14.4. The predicted octanol–water partition coefficient (Wildman–Crippen LogP) is 3.49. The summed E-state index contributed by atoms with van der Waals surface area (Å²) < 4.78 is 15.3. The third kappa shape index (κ3) is 3.52. The van der Waals surface area contributed by atoms with E-state index in [0.29, 0.717) is 17.5 Å². The highest BCUT2D eigenvalue weighted by atomic mass is 127. The summed E-state index contributed by atoms with van der Waals surface area (Å²) in [5, 5.41) is 0. The van der Waals surface area contributed by atoms with E-state index in [4.69, 9.17) is 5.84 Å². The second-order valence-electron chi connectivity index (χ2n) is 4.53. The van der Waals surface area contributed by atoms with Crippen LogP contribution in [0.1, 0.15) is 22.7 Å². The molecule has 2 aromatic rings. The van der Waals surface area contributed by atoms with Gasteiger partial charge in [0.25, 0.3) is 0 Å². The van der Waals surface area contributed by atoms with Gasteiger partial charge in [0.15, 0.2) is 0 Å². The van der Waals surface area contributed by atoms with Crippen molar-refractivity contribution in [1.82, 2.24) is 5.43 Å². The van der Waals surface area contributed by atoms with Crippen LogP contribution in [-0.2, 0) is 6.42 Å². The first-order chi connectivity index (χ1) is 9.11. The van der Waals surface area contributed by atoms with Crippen LogP contribution in [0.2, 0.25) is 0 Å². The molecule has 0 bridgehead atoms. The zero-order valence-corrected chi connectivity index (χ0v) is 12.8. The zero-order chi connectivity index (χ0) is 13.8. The van der Waals surface area contributed by atoms with Crippen LogP contribution in [0.15, 0.2) is 42.5 Å². The van der Waals surface area contributed by atoms with Crippen LogP contribution in [0.3, 0.4) is 0 Å². The summed E-state index contributed by atoms with van der Waals surface area (Å²) in [5.41, 5.74) is 5.09. The van der Waals surface area contributed by atoms with Gasteiger partial charge in [-0.25, -0.2) is 4.39 Å². The first-order valence-corrected chi connectivity index (χ1v) is 7.15. The average Bonchev–Trinajstić information content (AvgIpc) is 2.42. The lowest BCUT2D eigenvalue weighted by Crippen LogP contribution is -2.30. The Morgan fingerprint density at radius 3 is 2.53 bits per heavy atom. The topological polar surface area (TPSA) is 38.0 Å². The van der Waals surface area contributed by atoms with Crippen molar-refractivity contribution in [2.24, 2.45) is 5.84 Å². The molecule has 2 aromatic carbocycles.